The van der Waals surface area contributed by atoms with Crippen LogP contribution in [-0.4, -0.2) is 27.3 Å². The fraction of sp³-hybridized carbons (Fsp3) is 0.400. The van der Waals surface area contributed by atoms with E-state index in [1.165, 1.54) is 16.0 Å². The Balaban J connectivity index is 1.73. The van der Waals surface area contributed by atoms with Crippen LogP contribution < -0.4 is 15.6 Å². The van der Waals surface area contributed by atoms with E-state index in [9.17, 15) is 9.59 Å². The molecule has 1 amide bonds. The normalized spacial score (nSPS) is 11.2. The van der Waals surface area contributed by atoms with Gasteiger partial charge in [-0.25, -0.2) is 9.67 Å². The predicted molar refractivity (Wildman–Crippen MR) is 110 cm³/mol. The second kappa shape index (κ2) is 8.52. The van der Waals surface area contributed by atoms with E-state index in [0.717, 1.165) is 21.0 Å². The van der Waals surface area contributed by atoms with Crippen molar-refractivity contribution in [2.75, 3.05) is 6.61 Å². The molecule has 0 spiro atoms. The number of hydrogen-bond donors (Lipinski definition) is 1. The van der Waals surface area contributed by atoms with Gasteiger partial charge in [0, 0.05) is 12.5 Å². The lowest BCUT2D eigenvalue weighted by molar-refractivity contribution is -0.122. The molecule has 0 aliphatic heterocycles. The number of thiazole rings is 1. The van der Waals surface area contributed by atoms with Gasteiger partial charge < -0.3 is 10.1 Å². The number of amides is 1. The smallest absolute Gasteiger partial charge is 0.294 e. The maximum atomic E-state index is 12.7. The van der Waals surface area contributed by atoms with Gasteiger partial charge >= 0.3 is 0 Å². The third kappa shape index (κ3) is 4.39. The standard InChI is InChI=1S/C20H24N4O3S/c1-5-27-15-8-6-7-14(9-15)10-21-16(25)11-24-20(26)17-18(13(4)23-24)28-19(22-17)12(2)3/h6-9,12H,5,10-11H2,1-4H3,(H,21,25). The van der Waals surface area contributed by atoms with Gasteiger partial charge in [0.25, 0.3) is 5.56 Å². The fourth-order valence-corrected chi connectivity index (χ4v) is 3.78. The molecule has 148 valence electrons. The largest absolute Gasteiger partial charge is 0.494 e. The average molecular weight is 401 g/mol. The molecule has 0 atom stereocenters. The van der Waals surface area contributed by atoms with Crippen LogP contribution in [0.2, 0.25) is 0 Å². The van der Waals surface area contributed by atoms with Crippen LogP contribution in [-0.2, 0) is 17.9 Å². The van der Waals surface area contributed by atoms with E-state index in [-0.39, 0.29) is 23.9 Å². The first kappa shape index (κ1) is 20.0. The predicted octanol–water partition coefficient (Wildman–Crippen LogP) is 3.00. The Bertz CT molecular complexity index is 1060. The van der Waals surface area contributed by atoms with Crippen molar-refractivity contribution in [1.82, 2.24) is 20.1 Å². The first-order valence-electron chi connectivity index (χ1n) is 9.25. The van der Waals surface area contributed by atoms with Crippen molar-refractivity contribution >= 4 is 27.5 Å². The summed E-state index contributed by atoms with van der Waals surface area (Å²) in [6.07, 6.45) is 0. The van der Waals surface area contributed by atoms with Crippen LogP contribution in [0, 0.1) is 6.92 Å². The zero-order chi connectivity index (χ0) is 20.3. The molecule has 0 radical (unpaired) electrons. The molecular formula is C20H24N4O3S. The molecule has 3 aromatic rings. The first-order valence-corrected chi connectivity index (χ1v) is 10.1. The Hall–Kier alpha value is -2.74. The minimum Gasteiger partial charge on any atom is -0.494 e. The highest BCUT2D eigenvalue weighted by molar-refractivity contribution is 7.18. The van der Waals surface area contributed by atoms with Gasteiger partial charge in [-0.3, -0.25) is 9.59 Å². The van der Waals surface area contributed by atoms with Gasteiger partial charge in [-0.05, 0) is 31.5 Å². The van der Waals surface area contributed by atoms with Crippen LogP contribution in [0.5, 0.6) is 5.75 Å². The second-order valence-electron chi connectivity index (χ2n) is 6.79. The van der Waals surface area contributed by atoms with Crippen molar-refractivity contribution in [2.24, 2.45) is 0 Å². The summed E-state index contributed by atoms with van der Waals surface area (Å²) in [7, 11) is 0. The molecule has 2 heterocycles. The molecule has 1 N–H and O–H groups in total. The lowest BCUT2D eigenvalue weighted by atomic mass is 10.2. The highest BCUT2D eigenvalue weighted by Crippen LogP contribution is 2.26. The van der Waals surface area contributed by atoms with Gasteiger partial charge in [-0.15, -0.1) is 11.3 Å². The number of rotatable bonds is 7. The highest BCUT2D eigenvalue weighted by atomic mass is 32.1. The van der Waals surface area contributed by atoms with E-state index < -0.39 is 0 Å². The van der Waals surface area contributed by atoms with Crippen LogP contribution in [0.3, 0.4) is 0 Å². The van der Waals surface area contributed by atoms with E-state index in [1.807, 2.05) is 52.0 Å². The molecule has 2 aromatic heterocycles. The molecule has 0 unspecified atom stereocenters. The zero-order valence-electron chi connectivity index (χ0n) is 16.5. The molecule has 3 rings (SSSR count). The van der Waals surface area contributed by atoms with Crippen molar-refractivity contribution in [1.29, 1.82) is 0 Å². The molecule has 0 saturated carbocycles. The summed E-state index contributed by atoms with van der Waals surface area (Å²) in [4.78, 5) is 29.5. The monoisotopic (exact) mass is 400 g/mol. The Kier molecular flexibility index (Phi) is 6.08. The molecular weight excluding hydrogens is 376 g/mol. The van der Waals surface area contributed by atoms with Gasteiger partial charge in [0.1, 0.15) is 12.3 Å². The van der Waals surface area contributed by atoms with Crippen molar-refractivity contribution in [3.63, 3.8) is 0 Å². The van der Waals surface area contributed by atoms with Gasteiger partial charge in [-0.1, -0.05) is 26.0 Å². The lowest BCUT2D eigenvalue weighted by Crippen LogP contribution is -2.33. The molecule has 0 fully saturated rings. The number of nitrogens with one attached hydrogen (secondary N) is 1. The molecule has 0 saturated heterocycles. The quantitative estimate of drug-likeness (QED) is 0.659. The van der Waals surface area contributed by atoms with Crippen LogP contribution in [0.1, 0.15) is 43.0 Å². The topological polar surface area (TPSA) is 86.1 Å². The molecule has 0 aliphatic carbocycles. The van der Waals surface area contributed by atoms with Crippen LogP contribution in [0.4, 0.5) is 0 Å². The van der Waals surface area contributed by atoms with Gasteiger partial charge in [-0.2, -0.15) is 5.10 Å². The van der Waals surface area contributed by atoms with E-state index in [2.05, 4.69) is 15.4 Å². The molecule has 28 heavy (non-hydrogen) atoms. The summed E-state index contributed by atoms with van der Waals surface area (Å²) >= 11 is 1.49. The van der Waals surface area contributed by atoms with Crippen LogP contribution >= 0.6 is 11.3 Å². The molecule has 7 nitrogen and oxygen atoms in total. The van der Waals surface area contributed by atoms with E-state index in [1.54, 1.807) is 0 Å². The number of fused-ring (bicyclic) bond motifs is 1. The summed E-state index contributed by atoms with van der Waals surface area (Å²) in [5.74, 6) is 0.715. The second-order valence-corrected chi connectivity index (χ2v) is 7.82. The SMILES string of the molecule is CCOc1cccc(CNC(=O)Cn2nc(C)c3sc(C(C)C)nc3c2=O)c1. The first-order chi connectivity index (χ1) is 13.4. The van der Waals surface area contributed by atoms with E-state index in [4.69, 9.17) is 4.74 Å². The molecule has 0 bridgehead atoms. The van der Waals surface area contributed by atoms with E-state index in [0.29, 0.717) is 24.4 Å². The number of ether oxygens (including phenoxy) is 1. The number of nitrogens with zero attached hydrogens (tertiary/aromatic N) is 3. The number of benzene rings is 1. The van der Waals surface area contributed by atoms with Crippen molar-refractivity contribution in [3.05, 3.63) is 50.9 Å². The average Bonchev–Trinajstić information content (AvgIpc) is 3.12. The van der Waals surface area contributed by atoms with Gasteiger partial charge in [0.15, 0.2) is 5.52 Å². The fourth-order valence-electron chi connectivity index (χ4n) is 2.78. The van der Waals surface area contributed by atoms with E-state index >= 15 is 0 Å². The highest BCUT2D eigenvalue weighted by Gasteiger charge is 2.16. The van der Waals surface area contributed by atoms with Crippen molar-refractivity contribution in [3.8, 4) is 5.75 Å². The minimum atomic E-state index is -0.336. The number of carbonyl (C=O) groups is 1. The Morgan fingerprint density at radius 1 is 1.36 bits per heavy atom. The van der Waals surface area contributed by atoms with Crippen LogP contribution in [0.25, 0.3) is 10.2 Å². The molecule has 1 aromatic carbocycles. The Morgan fingerprint density at radius 3 is 2.86 bits per heavy atom. The third-order valence-electron chi connectivity index (χ3n) is 4.17. The number of carbonyl (C=O) groups excluding carboxylic acids is 1. The number of aryl methyl sites for hydroxylation is 1. The summed E-state index contributed by atoms with van der Waals surface area (Å²) in [5.41, 5.74) is 1.68. The van der Waals surface area contributed by atoms with Crippen molar-refractivity contribution < 1.29 is 9.53 Å². The summed E-state index contributed by atoms with van der Waals surface area (Å²) in [6.45, 7) is 8.61. The van der Waals surface area contributed by atoms with Crippen molar-refractivity contribution in [2.45, 2.75) is 46.7 Å². The third-order valence-corrected chi connectivity index (χ3v) is 5.63. The molecule has 0 aliphatic rings. The maximum Gasteiger partial charge on any atom is 0.294 e. The Labute approximate surface area is 167 Å². The summed E-state index contributed by atoms with van der Waals surface area (Å²) < 4.78 is 7.44. The zero-order valence-corrected chi connectivity index (χ0v) is 17.3. The number of aromatic nitrogens is 3. The molecule has 8 heteroatoms. The minimum absolute atomic E-state index is 0.144. The summed E-state index contributed by atoms with van der Waals surface area (Å²) in [6, 6.07) is 7.54. The summed E-state index contributed by atoms with van der Waals surface area (Å²) in [5, 5.41) is 8.02. The van der Waals surface area contributed by atoms with Crippen LogP contribution in [0.15, 0.2) is 29.1 Å². The number of hydrogen-bond acceptors (Lipinski definition) is 6. The Morgan fingerprint density at radius 2 is 2.14 bits per heavy atom. The lowest BCUT2D eigenvalue weighted by Gasteiger charge is -2.09. The maximum absolute atomic E-state index is 12.7. The van der Waals surface area contributed by atoms with Gasteiger partial charge in [0.05, 0.1) is 22.0 Å². The van der Waals surface area contributed by atoms with Gasteiger partial charge in [0.2, 0.25) is 5.91 Å².